The van der Waals surface area contributed by atoms with Gasteiger partial charge in [-0.25, -0.2) is 18.0 Å². The highest BCUT2D eigenvalue weighted by Gasteiger charge is 2.42. The quantitative estimate of drug-likeness (QED) is 0.267. The zero-order valence-corrected chi connectivity index (χ0v) is 21.5. The van der Waals surface area contributed by atoms with Gasteiger partial charge < -0.3 is 15.4 Å². The predicted octanol–water partition coefficient (Wildman–Crippen LogP) is 6.73. The summed E-state index contributed by atoms with van der Waals surface area (Å²) in [5, 5.41) is 6.14. The molecule has 0 bridgehead atoms. The van der Waals surface area contributed by atoms with Crippen LogP contribution in [-0.2, 0) is 5.41 Å². The van der Waals surface area contributed by atoms with E-state index >= 15 is 0 Å². The van der Waals surface area contributed by atoms with Crippen LogP contribution in [0.5, 0.6) is 5.75 Å². The Hall–Kier alpha value is -3.40. The van der Waals surface area contributed by atoms with Gasteiger partial charge in [-0.05, 0) is 48.2 Å². The highest BCUT2D eigenvalue weighted by atomic mass is 35.5. The first-order chi connectivity index (χ1) is 18.6. The number of hydrogen-bond acceptors (Lipinski definition) is 3. The van der Waals surface area contributed by atoms with Crippen molar-refractivity contribution in [1.82, 2.24) is 15.6 Å². The monoisotopic (exact) mass is 567 g/mol. The van der Waals surface area contributed by atoms with Crippen LogP contribution in [0.3, 0.4) is 0 Å². The first-order valence-corrected chi connectivity index (χ1v) is 12.8. The number of carbonyl (C=O) groups is 1. The lowest BCUT2D eigenvalue weighted by Crippen LogP contribution is -2.48. The molecule has 39 heavy (non-hydrogen) atoms. The van der Waals surface area contributed by atoms with E-state index in [4.69, 9.17) is 16.3 Å². The maximum absolute atomic E-state index is 14.9. The third kappa shape index (κ3) is 6.79. The Kier molecular flexibility index (Phi) is 8.94. The van der Waals surface area contributed by atoms with Crippen molar-refractivity contribution < 1.29 is 31.5 Å². The van der Waals surface area contributed by atoms with E-state index in [0.717, 1.165) is 37.8 Å². The minimum absolute atomic E-state index is 0.0375. The van der Waals surface area contributed by atoms with Crippen LogP contribution in [0.1, 0.15) is 42.5 Å². The first-order valence-electron chi connectivity index (χ1n) is 12.4. The molecule has 1 fully saturated rings. The third-order valence-corrected chi connectivity index (χ3v) is 6.97. The molecule has 1 atom stereocenters. The first kappa shape index (κ1) is 28.6. The van der Waals surface area contributed by atoms with Gasteiger partial charge in [-0.15, -0.1) is 0 Å². The molecule has 2 aromatic carbocycles. The molecule has 1 heterocycles. The number of aromatic nitrogens is 1. The Morgan fingerprint density at radius 1 is 1.05 bits per heavy atom. The summed E-state index contributed by atoms with van der Waals surface area (Å²) in [6, 6.07) is 14.9. The number of pyridine rings is 1. The largest absolute Gasteiger partial charge is 0.487 e. The summed E-state index contributed by atoms with van der Waals surface area (Å²) in [5.74, 6) is -5.66. The molecule has 4 rings (SSSR count). The third-order valence-electron chi connectivity index (χ3n) is 6.75. The molecular formula is C28H27ClF5N3O2. The fourth-order valence-corrected chi connectivity index (χ4v) is 4.87. The molecule has 1 unspecified atom stereocenters. The van der Waals surface area contributed by atoms with Crippen LogP contribution in [0.4, 0.5) is 26.7 Å². The highest BCUT2D eigenvalue weighted by Crippen LogP contribution is 2.40. The van der Waals surface area contributed by atoms with Gasteiger partial charge in [0.05, 0.1) is 16.1 Å². The van der Waals surface area contributed by atoms with Gasteiger partial charge in [-0.2, -0.15) is 8.78 Å². The lowest BCUT2D eigenvalue weighted by Gasteiger charge is -2.35. The Labute approximate surface area is 227 Å². The van der Waals surface area contributed by atoms with Crippen LogP contribution < -0.4 is 15.4 Å². The minimum Gasteiger partial charge on any atom is -0.487 e. The molecular weight excluding hydrogens is 541 g/mol. The number of amides is 2. The van der Waals surface area contributed by atoms with Gasteiger partial charge in [0.15, 0.2) is 6.61 Å². The van der Waals surface area contributed by atoms with Gasteiger partial charge >= 0.3 is 18.4 Å². The average Bonchev–Trinajstić information content (AvgIpc) is 3.42. The van der Waals surface area contributed by atoms with Crippen LogP contribution in [0.2, 0.25) is 5.02 Å². The van der Waals surface area contributed by atoms with Crippen LogP contribution in [-0.4, -0.2) is 42.6 Å². The molecule has 0 radical (unpaired) electrons. The number of ether oxygens (including phenoxy) is 1. The standard InChI is InChI=1S/C28H27ClF5N3O2/c29-20-10-11-24(35-15-20)27(18-6-2-1-3-7-18,16-36-26(38)37-22-8-4-5-9-22)19-12-21(30)14-23(13-19)39-17-28(33,34)25(31)32/h1-3,6-7,10-15,22,25H,4-5,8-9,16-17H2,(H2,36,37,38). The molecule has 2 amide bonds. The zero-order valence-electron chi connectivity index (χ0n) is 20.8. The second kappa shape index (κ2) is 12.2. The maximum Gasteiger partial charge on any atom is 0.340 e. The molecule has 1 aliphatic rings. The number of alkyl halides is 4. The number of rotatable bonds is 10. The molecule has 208 valence electrons. The molecule has 1 saturated carbocycles. The van der Waals surface area contributed by atoms with Gasteiger partial charge in [-0.1, -0.05) is 54.8 Å². The van der Waals surface area contributed by atoms with E-state index in [9.17, 15) is 26.7 Å². The summed E-state index contributed by atoms with van der Waals surface area (Å²) in [4.78, 5) is 17.4. The van der Waals surface area contributed by atoms with E-state index in [1.165, 1.54) is 12.3 Å². The molecule has 11 heteroatoms. The molecule has 0 aliphatic heterocycles. The maximum atomic E-state index is 14.9. The summed E-state index contributed by atoms with van der Waals surface area (Å²) < 4.78 is 72.4. The predicted molar refractivity (Wildman–Crippen MR) is 137 cm³/mol. The Morgan fingerprint density at radius 3 is 2.41 bits per heavy atom. The Bertz CT molecular complexity index is 1260. The van der Waals surface area contributed by atoms with Gasteiger partial charge in [0.2, 0.25) is 0 Å². The van der Waals surface area contributed by atoms with Gasteiger partial charge in [0.1, 0.15) is 11.6 Å². The molecule has 3 aromatic rings. The normalized spacial score (nSPS) is 15.7. The summed E-state index contributed by atoms with van der Waals surface area (Å²) in [7, 11) is 0. The number of urea groups is 1. The van der Waals surface area contributed by atoms with Crippen molar-refractivity contribution in [3.05, 3.63) is 94.5 Å². The van der Waals surface area contributed by atoms with Crippen LogP contribution in [0, 0.1) is 5.82 Å². The molecule has 0 saturated heterocycles. The van der Waals surface area contributed by atoms with Crippen molar-refractivity contribution in [2.24, 2.45) is 0 Å². The minimum atomic E-state index is -4.43. The van der Waals surface area contributed by atoms with Gasteiger partial charge in [-0.3, -0.25) is 4.98 Å². The fourth-order valence-electron chi connectivity index (χ4n) is 4.76. The molecule has 1 aromatic heterocycles. The SMILES string of the molecule is O=C(NCC(c1ccccc1)(c1cc(F)cc(OCC(F)(F)C(F)F)c1)c1ccc(Cl)cn1)NC1CCCC1. The number of hydrogen-bond donors (Lipinski definition) is 2. The van der Waals surface area contributed by atoms with E-state index < -0.39 is 36.2 Å². The average molecular weight is 568 g/mol. The van der Waals surface area contributed by atoms with Crippen molar-refractivity contribution in [1.29, 1.82) is 0 Å². The van der Waals surface area contributed by atoms with E-state index in [-0.39, 0.29) is 23.9 Å². The summed E-state index contributed by atoms with van der Waals surface area (Å²) >= 11 is 6.08. The lowest BCUT2D eigenvalue weighted by atomic mass is 9.71. The summed E-state index contributed by atoms with van der Waals surface area (Å²) in [6.07, 6.45) is 1.21. The number of nitrogens with one attached hydrogen (secondary N) is 2. The van der Waals surface area contributed by atoms with Crippen molar-refractivity contribution in [2.75, 3.05) is 13.2 Å². The van der Waals surface area contributed by atoms with E-state index in [1.807, 2.05) is 0 Å². The summed E-state index contributed by atoms with van der Waals surface area (Å²) in [6.45, 7) is -1.76. The van der Waals surface area contributed by atoms with Gasteiger partial charge in [0, 0.05) is 24.8 Å². The molecule has 0 spiro atoms. The molecule has 2 N–H and O–H groups in total. The van der Waals surface area contributed by atoms with E-state index in [2.05, 4.69) is 15.6 Å². The Balaban J connectivity index is 1.79. The zero-order chi connectivity index (χ0) is 28.0. The number of benzene rings is 2. The van der Waals surface area contributed by atoms with Crippen molar-refractivity contribution in [3.8, 4) is 5.75 Å². The summed E-state index contributed by atoms with van der Waals surface area (Å²) in [5.41, 5.74) is -0.186. The topological polar surface area (TPSA) is 63.2 Å². The van der Waals surface area contributed by atoms with Crippen LogP contribution in [0.25, 0.3) is 0 Å². The highest BCUT2D eigenvalue weighted by molar-refractivity contribution is 6.30. The Morgan fingerprint density at radius 2 is 1.77 bits per heavy atom. The van der Waals surface area contributed by atoms with Crippen LogP contribution in [0.15, 0.2) is 66.9 Å². The number of nitrogens with zero attached hydrogens (tertiary/aromatic N) is 1. The van der Waals surface area contributed by atoms with Crippen LogP contribution >= 0.6 is 11.6 Å². The van der Waals surface area contributed by atoms with Gasteiger partial charge in [0.25, 0.3) is 0 Å². The smallest absolute Gasteiger partial charge is 0.340 e. The van der Waals surface area contributed by atoms with Crippen molar-refractivity contribution in [2.45, 2.75) is 49.5 Å². The van der Waals surface area contributed by atoms with E-state index in [0.29, 0.717) is 16.3 Å². The number of carbonyl (C=O) groups excluding carboxylic acids is 1. The molecule has 5 nitrogen and oxygen atoms in total. The fraction of sp³-hybridized carbons (Fsp3) is 0.357. The second-order valence-electron chi connectivity index (χ2n) is 9.47. The van der Waals surface area contributed by atoms with E-state index in [1.54, 1.807) is 42.5 Å². The number of halogens is 6. The lowest BCUT2D eigenvalue weighted by molar-refractivity contribution is -0.148. The van der Waals surface area contributed by atoms with Crippen molar-refractivity contribution >= 4 is 17.6 Å². The molecule has 1 aliphatic carbocycles. The second-order valence-corrected chi connectivity index (χ2v) is 9.90. The van der Waals surface area contributed by atoms with Crippen molar-refractivity contribution in [3.63, 3.8) is 0 Å².